The van der Waals surface area contributed by atoms with Crippen LogP contribution in [0.25, 0.3) is 0 Å². The Hall–Kier alpha value is -1.81. The van der Waals surface area contributed by atoms with Gasteiger partial charge in [0.05, 0.1) is 6.54 Å². The van der Waals surface area contributed by atoms with Crippen molar-refractivity contribution in [2.24, 2.45) is 0 Å². The lowest BCUT2D eigenvalue weighted by atomic mass is 10.2. The van der Waals surface area contributed by atoms with Gasteiger partial charge in [-0.25, -0.2) is 9.78 Å². The number of nitrogens with one attached hydrogen (secondary N) is 3. The molecule has 9 nitrogen and oxygen atoms in total. The number of ether oxygens (including phenoxy) is 2. The fourth-order valence-corrected chi connectivity index (χ4v) is 3.05. The molecule has 3 aliphatic heterocycles. The van der Waals surface area contributed by atoms with Crippen molar-refractivity contribution in [3.63, 3.8) is 0 Å². The molecule has 11 heteroatoms. The minimum atomic E-state index is -0.429. The van der Waals surface area contributed by atoms with Crippen LogP contribution in [0.1, 0.15) is 6.42 Å². The number of nitrogens with zero attached hydrogens (tertiary/aromatic N) is 2. The first-order valence-corrected chi connectivity index (χ1v) is 8.05. The molecule has 2 atom stereocenters. The molecule has 1 aromatic rings. The molecule has 3 aliphatic rings. The maximum atomic E-state index is 12.1. The number of fused-ring (bicyclic) bond motifs is 1. The second-order valence-corrected chi connectivity index (χ2v) is 6.07. The summed E-state index contributed by atoms with van der Waals surface area (Å²) in [4.78, 5) is 29.3. The summed E-state index contributed by atoms with van der Waals surface area (Å²) in [6.45, 7) is 2.97. The highest BCUT2D eigenvalue weighted by molar-refractivity contribution is 5.95. The first kappa shape index (κ1) is 20.5. The highest BCUT2D eigenvalue weighted by Gasteiger charge is 2.34. The number of aromatic nitrogens is 1. The number of carbonyl (C=O) groups is 2. The van der Waals surface area contributed by atoms with Crippen LogP contribution in [0.3, 0.4) is 0 Å². The minimum Gasteiger partial charge on any atom is -0.480 e. The molecule has 2 fully saturated rings. The number of amides is 2. The largest absolute Gasteiger partial charge is 0.480 e. The van der Waals surface area contributed by atoms with Crippen molar-refractivity contribution in [3.05, 3.63) is 12.1 Å². The SMILES string of the molecule is Cl.Cl.O=C1COc2ccc(N3C[C@H](CNC4CCNC4)OC3=O)nc2N1. The van der Waals surface area contributed by atoms with E-state index < -0.39 is 6.09 Å². The summed E-state index contributed by atoms with van der Waals surface area (Å²) in [5.74, 6) is 1.01. The van der Waals surface area contributed by atoms with Crippen molar-refractivity contribution in [2.45, 2.75) is 18.6 Å². The molecule has 144 valence electrons. The number of cyclic esters (lactones) is 1. The van der Waals surface area contributed by atoms with Crippen molar-refractivity contribution in [1.29, 1.82) is 0 Å². The molecule has 2 amide bonds. The van der Waals surface area contributed by atoms with Gasteiger partial charge >= 0.3 is 6.09 Å². The van der Waals surface area contributed by atoms with E-state index in [0.717, 1.165) is 19.5 Å². The molecule has 26 heavy (non-hydrogen) atoms. The third kappa shape index (κ3) is 4.29. The fourth-order valence-electron chi connectivity index (χ4n) is 3.05. The van der Waals surface area contributed by atoms with Crippen LogP contribution in [0.4, 0.5) is 16.4 Å². The fraction of sp³-hybridized carbons (Fsp3) is 0.533. The smallest absolute Gasteiger partial charge is 0.416 e. The van der Waals surface area contributed by atoms with Gasteiger partial charge in [0.2, 0.25) is 0 Å². The number of halogens is 2. The van der Waals surface area contributed by atoms with Crippen LogP contribution in [0.5, 0.6) is 5.75 Å². The Kier molecular flexibility index (Phi) is 6.87. The zero-order valence-electron chi connectivity index (χ0n) is 13.9. The number of hydrogen-bond donors (Lipinski definition) is 3. The third-order valence-corrected chi connectivity index (χ3v) is 4.31. The number of hydrogen-bond acceptors (Lipinski definition) is 7. The topological polar surface area (TPSA) is 105 Å². The molecule has 0 aromatic carbocycles. The molecule has 4 heterocycles. The van der Waals surface area contributed by atoms with Gasteiger partial charge in [-0.15, -0.1) is 24.8 Å². The average Bonchev–Trinajstić information content (AvgIpc) is 3.21. The molecule has 0 aliphatic carbocycles. The molecule has 1 unspecified atom stereocenters. The monoisotopic (exact) mass is 405 g/mol. The van der Waals surface area contributed by atoms with Crippen molar-refractivity contribution in [2.75, 3.05) is 43.0 Å². The van der Waals surface area contributed by atoms with Crippen LogP contribution in [-0.2, 0) is 9.53 Å². The van der Waals surface area contributed by atoms with Gasteiger partial charge < -0.3 is 25.4 Å². The Morgan fingerprint density at radius 2 is 2.15 bits per heavy atom. The van der Waals surface area contributed by atoms with Crippen LogP contribution in [0, 0.1) is 0 Å². The van der Waals surface area contributed by atoms with Gasteiger partial charge in [-0.2, -0.15) is 0 Å². The van der Waals surface area contributed by atoms with Crippen LogP contribution in [0.15, 0.2) is 12.1 Å². The lowest BCUT2D eigenvalue weighted by Crippen LogP contribution is -2.38. The summed E-state index contributed by atoms with van der Waals surface area (Å²) in [7, 11) is 0. The van der Waals surface area contributed by atoms with E-state index in [2.05, 4.69) is 20.9 Å². The van der Waals surface area contributed by atoms with Crippen molar-refractivity contribution in [1.82, 2.24) is 15.6 Å². The summed E-state index contributed by atoms with van der Waals surface area (Å²) in [5.41, 5.74) is 0. The number of pyridine rings is 1. The average molecular weight is 406 g/mol. The van der Waals surface area contributed by atoms with E-state index in [1.54, 1.807) is 12.1 Å². The molecule has 0 bridgehead atoms. The first-order chi connectivity index (χ1) is 11.7. The molecular weight excluding hydrogens is 385 g/mol. The molecule has 0 spiro atoms. The summed E-state index contributed by atoms with van der Waals surface area (Å²) in [6.07, 6.45) is 0.430. The van der Waals surface area contributed by atoms with E-state index in [0.29, 0.717) is 36.5 Å². The van der Waals surface area contributed by atoms with Crippen molar-refractivity contribution >= 4 is 48.5 Å². The standard InChI is InChI=1S/C15H19N5O4.2ClH/c21-13-8-23-11-1-2-12(18-14(11)19-13)20-7-10(24-15(20)22)6-17-9-3-4-16-5-9;;/h1-2,9-10,16-17H,3-8H2,(H,18,19,21);2*1H/t9?,10-;;/m0../s1. The van der Waals surface area contributed by atoms with Crippen LogP contribution >= 0.6 is 24.8 Å². The van der Waals surface area contributed by atoms with E-state index in [9.17, 15) is 9.59 Å². The van der Waals surface area contributed by atoms with Crippen molar-refractivity contribution in [3.8, 4) is 5.75 Å². The molecule has 2 saturated heterocycles. The van der Waals surface area contributed by atoms with E-state index in [1.165, 1.54) is 4.90 Å². The highest BCUT2D eigenvalue weighted by Crippen LogP contribution is 2.29. The normalized spacial score (nSPS) is 23.9. The van der Waals surface area contributed by atoms with Gasteiger partial charge in [0.15, 0.2) is 18.2 Å². The van der Waals surface area contributed by atoms with Gasteiger partial charge in [0, 0.05) is 19.1 Å². The highest BCUT2D eigenvalue weighted by atomic mass is 35.5. The summed E-state index contributed by atoms with van der Waals surface area (Å²) in [6, 6.07) is 3.81. The molecule has 0 saturated carbocycles. The van der Waals surface area contributed by atoms with Crippen LogP contribution < -0.4 is 25.6 Å². The quantitative estimate of drug-likeness (QED) is 0.670. The summed E-state index contributed by atoms with van der Waals surface area (Å²) in [5, 5.41) is 9.33. The van der Waals surface area contributed by atoms with Gasteiger partial charge in [0.1, 0.15) is 11.9 Å². The van der Waals surface area contributed by atoms with Crippen LogP contribution in [0.2, 0.25) is 0 Å². The Morgan fingerprint density at radius 3 is 2.92 bits per heavy atom. The van der Waals surface area contributed by atoms with Gasteiger partial charge in [0.25, 0.3) is 5.91 Å². The summed E-state index contributed by atoms with van der Waals surface area (Å²) < 4.78 is 10.7. The molecule has 0 radical (unpaired) electrons. The predicted octanol–water partition coefficient (Wildman–Crippen LogP) is 0.533. The minimum absolute atomic E-state index is 0. The lowest BCUT2D eigenvalue weighted by molar-refractivity contribution is -0.118. The molecule has 4 rings (SSSR count). The molecular formula is C15H21Cl2N5O4. The molecule has 3 N–H and O–H groups in total. The second kappa shape index (κ2) is 8.72. The van der Waals surface area contributed by atoms with Gasteiger partial charge in [-0.1, -0.05) is 0 Å². The van der Waals surface area contributed by atoms with E-state index in [4.69, 9.17) is 9.47 Å². The molecule has 1 aromatic heterocycles. The zero-order valence-corrected chi connectivity index (χ0v) is 15.5. The number of anilines is 2. The maximum Gasteiger partial charge on any atom is 0.416 e. The Labute approximate surface area is 163 Å². The number of carbonyl (C=O) groups excluding carboxylic acids is 2. The first-order valence-electron chi connectivity index (χ1n) is 8.05. The van der Waals surface area contributed by atoms with E-state index >= 15 is 0 Å². The van der Waals surface area contributed by atoms with Gasteiger partial charge in [-0.3, -0.25) is 9.69 Å². The van der Waals surface area contributed by atoms with E-state index in [-0.39, 0.29) is 43.4 Å². The Bertz CT molecular complexity index is 671. The number of rotatable bonds is 4. The Balaban J connectivity index is 0.00000121. The van der Waals surface area contributed by atoms with Gasteiger partial charge in [-0.05, 0) is 25.1 Å². The second-order valence-electron chi connectivity index (χ2n) is 6.07. The summed E-state index contributed by atoms with van der Waals surface area (Å²) >= 11 is 0. The predicted molar refractivity (Wildman–Crippen MR) is 99.8 cm³/mol. The zero-order chi connectivity index (χ0) is 16.5. The van der Waals surface area contributed by atoms with Crippen LogP contribution in [-0.4, -0.2) is 61.9 Å². The van der Waals surface area contributed by atoms with Crippen molar-refractivity contribution < 1.29 is 19.1 Å². The third-order valence-electron chi connectivity index (χ3n) is 4.31. The Morgan fingerprint density at radius 1 is 1.31 bits per heavy atom. The lowest BCUT2D eigenvalue weighted by Gasteiger charge is -2.19. The van der Waals surface area contributed by atoms with E-state index in [1.807, 2.05) is 0 Å². The maximum absolute atomic E-state index is 12.1.